The highest BCUT2D eigenvalue weighted by Crippen LogP contribution is 2.14. The summed E-state index contributed by atoms with van der Waals surface area (Å²) < 4.78 is 24.5. The molecule has 6 heteroatoms. The summed E-state index contributed by atoms with van der Waals surface area (Å²) in [4.78, 5) is 12.9. The molecule has 0 bridgehead atoms. The minimum atomic E-state index is -2.55. The number of hydrogen-bond acceptors (Lipinski definition) is 3. The Morgan fingerprint density at radius 2 is 2.31 bits per heavy atom. The fourth-order valence-electron chi connectivity index (χ4n) is 1.90. The van der Waals surface area contributed by atoms with Crippen LogP contribution in [0, 0.1) is 5.92 Å². The van der Waals surface area contributed by atoms with Gasteiger partial charge in [-0.15, -0.1) is 0 Å². The van der Waals surface area contributed by atoms with Gasteiger partial charge in [-0.1, -0.05) is 0 Å². The maximum atomic E-state index is 12.2. The van der Waals surface area contributed by atoms with Crippen molar-refractivity contribution in [1.82, 2.24) is 10.2 Å². The molecule has 4 nitrogen and oxygen atoms in total. The first-order chi connectivity index (χ1) is 7.65. The van der Waals surface area contributed by atoms with Crippen molar-refractivity contribution in [3.8, 4) is 0 Å². The van der Waals surface area contributed by atoms with Gasteiger partial charge >= 0.3 is 0 Å². The fraction of sp³-hybridized carbons (Fsp3) is 0.900. The third kappa shape index (κ3) is 4.02. The summed E-state index contributed by atoms with van der Waals surface area (Å²) in [5.74, 6) is -0.499. The number of carbonyl (C=O) groups excluding carboxylic acids is 1. The molecule has 0 unspecified atom stereocenters. The Morgan fingerprint density at radius 1 is 1.56 bits per heavy atom. The second kappa shape index (κ2) is 6.75. The lowest BCUT2D eigenvalue weighted by atomic mass is 9.98. The van der Waals surface area contributed by atoms with Crippen molar-refractivity contribution >= 4 is 5.91 Å². The zero-order valence-corrected chi connectivity index (χ0v) is 9.16. The molecule has 16 heavy (non-hydrogen) atoms. The summed E-state index contributed by atoms with van der Waals surface area (Å²) in [5, 5.41) is 11.8. The third-order valence-electron chi connectivity index (χ3n) is 2.69. The number of carbonyl (C=O) groups is 1. The Kier molecular flexibility index (Phi) is 5.62. The van der Waals surface area contributed by atoms with Crippen molar-refractivity contribution in [1.29, 1.82) is 0 Å². The molecular weight excluding hydrogens is 218 g/mol. The van der Waals surface area contributed by atoms with Gasteiger partial charge in [0.05, 0.1) is 19.1 Å². The van der Waals surface area contributed by atoms with Crippen molar-refractivity contribution in [2.75, 3.05) is 32.8 Å². The number of amides is 1. The number of piperidine rings is 1. The number of halogens is 2. The average Bonchev–Trinajstić information content (AvgIpc) is 2.28. The van der Waals surface area contributed by atoms with Gasteiger partial charge in [-0.2, -0.15) is 0 Å². The number of rotatable bonds is 5. The third-order valence-corrected chi connectivity index (χ3v) is 2.69. The summed E-state index contributed by atoms with van der Waals surface area (Å²) in [5.41, 5.74) is 0. The number of nitrogens with zero attached hydrogens (tertiary/aromatic N) is 1. The maximum absolute atomic E-state index is 12.2. The monoisotopic (exact) mass is 236 g/mol. The van der Waals surface area contributed by atoms with Crippen LogP contribution in [0.1, 0.15) is 12.8 Å². The summed E-state index contributed by atoms with van der Waals surface area (Å²) in [6.45, 7) is 0.538. The van der Waals surface area contributed by atoms with E-state index in [0.717, 1.165) is 24.3 Å². The molecule has 1 atom stereocenters. The van der Waals surface area contributed by atoms with Crippen LogP contribution in [-0.4, -0.2) is 55.1 Å². The smallest absolute Gasteiger partial charge is 0.255 e. The first-order valence-corrected chi connectivity index (χ1v) is 5.53. The molecule has 1 amide bonds. The first kappa shape index (κ1) is 13.3. The largest absolute Gasteiger partial charge is 0.395 e. The summed E-state index contributed by atoms with van der Waals surface area (Å²) in [6.07, 6.45) is -0.929. The highest BCUT2D eigenvalue weighted by atomic mass is 19.3. The van der Waals surface area contributed by atoms with Crippen LogP contribution in [0.4, 0.5) is 8.78 Å². The number of aliphatic hydroxyl groups excluding tert-OH is 1. The molecule has 1 fully saturated rings. The Morgan fingerprint density at radius 3 is 2.81 bits per heavy atom. The zero-order chi connectivity index (χ0) is 12.0. The van der Waals surface area contributed by atoms with Crippen LogP contribution in [0.15, 0.2) is 0 Å². The number of aliphatic hydroxyl groups is 1. The van der Waals surface area contributed by atoms with Crippen LogP contribution in [0.3, 0.4) is 0 Å². The number of hydrogen-bond donors (Lipinski definition) is 2. The van der Waals surface area contributed by atoms with E-state index in [2.05, 4.69) is 5.32 Å². The van der Waals surface area contributed by atoms with Crippen LogP contribution in [-0.2, 0) is 4.79 Å². The highest BCUT2D eigenvalue weighted by molar-refractivity contribution is 5.79. The molecule has 0 radical (unpaired) electrons. The Labute approximate surface area is 93.6 Å². The van der Waals surface area contributed by atoms with E-state index >= 15 is 0 Å². The molecule has 0 aliphatic carbocycles. The van der Waals surface area contributed by atoms with E-state index in [1.807, 2.05) is 0 Å². The predicted octanol–water partition coefficient (Wildman–Crippen LogP) is 0.0720. The van der Waals surface area contributed by atoms with Gasteiger partial charge in [-0.05, 0) is 19.4 Å². The van der Waals surface area contributed by atoms with Gasteiger partial charge in [-0.3, -0.25) is 4.79 Å². The van der Waals surface area contributed by atoms with Gasteiger partial charge < -0.3 is 15.3 Å². The first-order valence-electron chi connectivity index (χ1n) is 5.53. The lowest BCUT2D eigenvalue weighted by Crippen LogP contribution is -2.45. The normalized spacial score (nSPS) is 21.1. The van der Waals surface area contributed by atoms with E-state index in [9.17, 15) is 13.6 Å². The molecule has 94 valence electrons. The van der Waals surface area contributed by atoms with E-state index in [1.165, 1.54) is 0 Å². The second-order valence-electron chi connectivity index (χ2n) is 3.94. The highest BCUT2D eigenvalue weighted by Gasteiger charge is 2.27. The molecule has 1 heterocycles. The molecule has 2 N–H and O–H groups in total. The van der Waals surface area contributed by atoms with Crippen molar-refractivity contribution in [3.05, 3.63) is 0 Å². The maximum Gasteiger partial charge on any atom is 0.255 e. The Balaban J connectivity index is 2.50. The Hall–Kier alpha value is -0.750. The van der Waals surface area contributed by atoms with E-state index in [1.54, 1.807) is 0 Å². The van der Waals surface area contributed by atoms with E-state index in [0.29, 0.717) is 6.54 Å². The van der Waals surface area contributed by atoms with Crippen LogP contribution in [0.2, 0.25) is 0 Å². The molecule has 1 aliphatic heterocycles. The van der Waals surface area contributed by atoms with Crippen LogP contribution in [0.5, 0.6) is 0 Å². The molecule has 0 saturated carbocycles. The second-order valence-corrected chi connectivity index (χ2v) is 3.94. The quantitative estimate of drug-likeness (QED) is 0.710. The summed E-state index contributed by atoms with van der Waals surface area (Å²) in [7, 11) is 0. The standard InChI is InChI=1S/C10H18F2N2O2/c11-9(12)7-14(4-5-15)10(16)8-2-1-3-13-6-8/h8-9,13,15H,1-7H2/t8-/m1/s1. The van der Waals surface area contributed by atoms with Crippen molar-refractivity contribution in [2.24, 2.45) is 5.92 Å². The molecule has 0 aromatic heterocycles. The van der Waals surface area contributed by atoms with Gasteiger partial charge in [-0.25, -0.2) is 8.78 Å². The van der Waals surface area contributed by atoms with Gasteiger partial charge in [0, 0.05) is 13.1 Å². The van der Waals surface area contributed by atoms with Crippen molar-refractivity contribution in [2.45, 2.75) is 19.3 Å². The average molecular weight is 236 g/mol. The molecule has 1 aliphatic rings. The van der Waals surface area contributed by atoms with E-state index in [-0.39, 0.29) is 25.0 Å². The molecule has 1 saturated heterocycles. The molecule has 0 aromatic rings. The van der Waals surface area contributed by atoms with Gasteiger partial charge in [0.2, 0.25) is 5.91 Å². The SMILES string of the molecule is O=C([C@@H]1CCCNC1)N(CCO)CC(F)F. The lowest BCUT2D eigenvalue weighted by molar-refractivity contribution is -0.138. The zero-order valence-electron chi connectivity index (χ0n) is 9.16. The molecule has 0 aromatic carbocycles. The van der Waals surface area contributed by atoms with Crippen LogP contribution >= 0.6 is 0 Å². The topological polar surface area (TPSA) is 52.6 Å². The Bertz CT molecular complexity index is 221. The van der Waals surface area contributed by atoms with E-state index in [4.69, 9.17) is 5.11 Å². The van der Waals surface area contributed by atoms with Gasteiger partial charge in [0.15, 0.2) is 0 Å². The minimum Gasteiger partial charge on any atom is -0.395 e. The van der Waals surface area contributed by atoms with Gasteiger partial charge in [0.1, 0.15) is 0 Å². The molecule has 0 spiro atoms. The molecular formula is C10H18F2N2O2. The fourth-order valence-corrected chi connectivity index (χ4v) is 1.90. The molecule has 1 rings (SSSR count). The van der Waals surface area contributed by atoms with Crippen LogP contribution in [0.25, 0.3) is 0 Å². The van der Waals surface area contributed by atoms with Crippen molar-refractivity contribution < 1.29 is 18.7 Å². The number of alkyl halides is 2. The van der Waals surface area contributed by atoms with Crippen LogP contribution < -0.4 is 5.32 Å². The summed E-state index contributed by atoms with van der Waals surface area (Å²) in [6, 6.07) is 0. The summed E-state index contributed by atoms with van der Waals surface area (Å²) >= 11 is 0. The van der Waals surface area contributed by atoms with Crippen molar-refractivity contribution in [3.63, 3.8) is 0 Å². The predicted molar refractivity (Wildman–Crippen MR) is 55.3 cm³/mol. The lowest BCUT2D eigenvalue weighted by Gasteiger charge is -2.29. The van der Waals surface area contributed by atoms with E-state index < -0.39 is 13.0 Å². The minimum absolute atomic E-state index is 0.0142. The number of nitrogens with one attached hydrogen (secondary N) is 1. The van der Waals surface area contributed by atoms with Gasteiger partial charge in [0.25, 0.3) is 6.43 Å².